The molecular formula is C12H14N4O. The second kappa shape index (κ2) is 5.25. The number of hydrogen-bond acceptors (Lipinski definition) is 3. The van der Waals surface area contributed by atoms with Gasteiger partial charge in [-0.05, 0) is 18.9 Å². The minimum absolute atomic E-state index is 0.227. The van der Waals surface area contributed by atoms with E-state index in [1.165, 1.54) is 17.5 Å². The first kappa shape index (κ1) is 11.3. The number of nitrogens with zero attached hydrogens (tertiary/aromatic N) is 2. The highest BCUT2D eigenvalue weighted by molar-refractivity contribution is 5.90. The van der Waals surface area contributed by atoms with Gasteiger partial charge in [0.1, 0.15) is 6.33 Å². The monoisotopic (exact) mass is 230 g/mol. The molecule has 5 nitrogen and oxygen atoms in total. The lowest BCUT2D eigenvalue weighted by atomic mass is 10.1. The van der Waals surface area contributed by atoms with Gasteiger partial charge in [0.2, 0.25) is 5.82 Å². The van der Waals surface area contributed by atoms with Crippen LogP contribution in [-0.2, 0) is 6.42 Å². The molecule has 0 aliphatic heterocycles. The second-order valence-corrected chi connectivity index (χ2v) is 3.83. The van der Waals surface area contributed by atoms with Gasteiger partial charge in [0.15, 0.2) is 0 Å². The van der Waals surface area contributed by atoms with E-state index in [4.69, 9.17) is 0 Å². The molecule has 0 unspecified atom stereocenters. The van der Waals surface area contributed by atoms with Crippen molar-refractivity contribution in [1.29, 1.82) is 0 Å². The van der Waals surface area contributed by atoms with E-state index in [1.807, 2.05) is 12.1 Å². The Balaban J connectivity index is 1.82. The van der Waals surface area contributed by atoms with E-state index >= 15 is 0 Å². The average molecular weight is 230 g/mol. The van der Waals surface area contributed by atoms with E-state index < -0.39 is 0 Å². The van der Waals surface area contributed by atoms with Gasteiger partial charge in [0, 0.05) is 6.54 Å². The van der Waals surface area contributed by atoms with E-state index in [-0.39, 0.29) is 11.7 Å². The van der Waals surface area contributed by atoms with Crippen LogP contribution in [0.15, 0.2) is 30.6 Å². The number of carbonyl (C=O) groups is 1. The van der Waals surface area contributed by atoms with Gasteiger partial charge in [0.25, 0.3) is 5.91 Å². The van der Waals surface area contributed by atoms with Crippen molar-refractivity contribution >= 4 is 5.91 Å². The Morgan fingerprint density at radius 1 is 1.47 bits per heavy atom. The van der Waals surface area contributed by atoms with Crippen LogP contribution >= 0.6 is 0 Å². The third kappa shape index (κ3) is 3.14. The van der Waals surface area contributed by atoms with Crippen molar-refractivity contribution in [2.45, 2.75) is 13.3 Å². The van der Waals surface area contributed by atoms with Gasteiger partial charge in [-0.3, -0.25) is 9.89 Å². The SMILES string of the molecule is Cc1cccc(CCNC(=O)c2ncn[nH]2)c1. The fourth-order valence-electron chi connectivity index (χ4n) is 1.59. The van der Waals surface area contributed by atoms with E-state index in [2.05, 4.69) is 39.6 Å². The first-order valence-electron chi connectivity index (χ1n) is 5.45. The summed E-state index contributed by atoms with van der Waals surface area (Å²) in [4.78, 5) is 15.3. The smallest absolute Gasteiger partial charge is 0.288 e. The Morgan fingerprint density at radius 2 is 2.35 bits per heavy atom. The summed E-state index contributed by atoms with van der Waals surface area (Å²) in [5.41, 5.74) is 2.44. The topological polar surface area (TPSA) is 70.7 Å². The lowest BCUT2D eigenvalue weighted by Crippen LogP contribution is -2.26. The molecule has 0 atom stereocenters. The molecule has 88 valence electrons. The zero-order valence-corrected chi connectivity index (χ0v) is 9.60. The van der Waals surface area contributed by atoms with Gasteiger partial charge in [-0.25, -0.2) is 4.98 Å². The van der Waals surface area contributed by atoms with Gasteiger partial charge in [0.05, 0.1) is 0 Å². The molecule has 1 aromatic heterocycles. The summed E-state index contributed by atoms with van der Waals surface area (Å²) in [7, 11) is 0. The molecule has 0 radical (unpaired) electrons. The Bertz CT molecular complexity index is 493. The van der Waals surface area contributed by atoms with Crippen LogP contribution in [0.1, 0.15) is 21.7 Å². The van der Waals surface area contributed by atoms with Crippen molar-refractivity contribution in [1.82, 2.24) is 20.5 Å². The normalized spacial score (nSPS) is 10.2. The molecule has 5 heteroatoms. The predicted octanol–water partition coefficient (Wildman–Crippen LogP) is 1.09. The molecule has 1 heterocycles. The largest absolute Gasteiger partial charge is 0.349 e. The van der Waals surface area contributed by atoms with Crippen molar-refractivity contribution in [3.63, 3.8) is 0 Å². The molecule has 0 spiro atoms. The van der Waals surface area contributed by atoms with Crippen LogP contribution in [0.25, 0.3) is 0 Å². The minimum atomic E-state index is -0.227. The number of aryl methyl sites for hydroxylation is 1. The van der Waals surface area contributed by atoms with Crippen molar-refractivity contribution in [2.75, 3.05) is 6.54 Å². The van der Waals surface area contributed by atoms with Gasteiger partial charge >= 0.3 is 0 Å². The molecule has 0 bridgehead atoms. The van der Waals surface area contributed by atoms with E-state index in [1.54, 1.807) is 0 Å². The summed E-state index contributed by atoms with van der Waals surface area (Å²) < 4.78 is 0. The Labute approximate surface area is 99.3 Å². The molecule has 0 aliphatic carbocycles. The Morgan fingerprint density at radius 3 is 3.06 bits per heavy atom. The van der Waals surface area contributed by atoms with Crippen molar-refractivity contribution in [3.05, 3.63) is 47.5 Å². The number of amides is 1. The maximum atomic E-state index is 11.5. The molecule has 0 saturated heterocycles. The molecular weight excluding hydrogens is 216 g/mol. The van der Waals surface area contributed by atoms with Gasteiger partial charge in [-0.1, -0.05) is 29.8 Å². The van der Waals surface area contributed by atoms with Crippen LogP contribution < -0.4 is 5.32 Å². The molecule has 1 aromatic carbocycles. The van der Waals surface area contributed by atoms with Crippen LogP contribution in [-0.4, -0.2) is 27.6 Å². The summed E-state index contributed by atoms with van der Waals surface area (Å²) >= 11 is 0. The maximum Gasteiger partial charge on any atom is 0.288 e. The van der Waals surface area contributed by atoms with E-state index in [0.717, 1.165) is 6.42 Å². The number of nitrogens with one attached hydrogen (secondary N) is 2. The predicted molar refractivity (Wildman–Crippen MR) is 63.6 cm³/mol. The first-order chi connectivity index (χ1) is 8.25. The zero-order valence-electron chi connectivity index (χ0n) is 9.60. The number of rotatable bonds is 4. The van der Waals surface area contributed by atoms with Crippen LogP contribution in [0.4, 0.5) is 0 Å². The Kier molecular flexibility index (Phi) is 3.49. The lowest BCUT2D eigenvalue weighted by molar-refractivity contribution is 0.0944. The van der Waals surface area contributed by atoms with Crippen LogP contribution in [0.5, 0.6) is 0 Å². The van der Waals surface area contributed by atoms with Gasteiger partial charge in [-0.2, -0.15) is 5.10 Å². The second-order valence-electron chi connectivity index (χ2n) is 3.83. The molecule has 1 amide bonds. The highest BCUT2D eigenvalue weighted by atomic mass is 16.2. The van der Waals surface area contributed by atoms with E-state index in [0.29, 0.717) is 6.54 Å². The number of aromatic amines is 1. The maximum absolute atomic E-state index is 11.5. The Hall–Kier alpha value is -2.17. The summed E-state index contributed by atoms with van der Waals surface area (Å²) in [5, 5.41) is 8.93. The van der Waals surface area contributed by atoms with Crippen molar-refractivity contribution in [3.8, 4) is 0 Å². The molecule has 0 aliphatic rings. The lowest BCUT2D eigenvalue weighted by Gasteiger charge is -2.04. The van der Waals surface area contributed by atoms with Gasteiger partial charge < -0.3 is 5.32 Å². The number of hydrogen-bond donors (Lipinski definition) is 2. The standard InChI is InChI=1S/C12H14N4O/c1-9-3-2-4-10(7-9)5-6-13-12(17)11-14-8-15-16-11/h2-4,7-8H,5-6H2,1H3,(H,13,17)(H,14,15,16). The average Bonchev–Trinajstić information content (AvgIpc) is 2.82. The summed E-state index contributed by atoms with van der Waals surface area (Å²) in [6.07, 6.45) is 2.12. The van der Waals surface area contributed by atoms with Crippen molar-refractivity contribution < 1.29 is 4.79 Å². The highest BCUT2D eigenvalue weighted by Gasteiger charge is 2.06. The van der Waals surface area contributed by atoms with Gasteiger partial charge in [-0.15, -0.1) is 0 Å². The third-order valence-electron chi connectivity index (χ3n) is 2.41. The van der Waals surface area contributed by atoms with Crippen LogP contribution in [0.3, 0.4) is 0 Å². The molecule has 2 rings (SSSR count). The molecule has 17 heavy (non-hydrogen) atoms. The fraction of sp³-hybridized carbons (Fsp3) is 0.250. The van der Waals surface area contributed by atoms with Crippen LogP contribution in [0, 0.1) is 6.92 Å². The summed E-state index contributed by atoms with van der Waals surface area (Å²) in [6.45, 7) is 2.64. The number of H-pyrrole nitrogens is 1. The van der Waals surface area contributed by atoms with Crippen LogP contribution in [0.2, 0.25) is 0 Å². The molecule has 0 fully saturated rings. The van der Waals surface area contributed by atoms with Crippen molar-refractivity contribution in [2.24, 2.45) is 0 Å². The number of benzene rings is 1. The molecule has 2 aromatic rings. The third-order valence-corrected chi connectivity index (χ3v) is 2.41. The molecule has 0 saturated carbocycles. The minimum Gasteiger partial charge on any atom is -0.349 e. The summed E-state index contributed by atoms with van der Waals surface area (Å²) in [5.74, 6) is 0.0180. The fourth-order valence-corrected chi connectivity index (χ4v) is 1.59. The molecule has 2 N–H and O–H groups in total. The summed E-state index contributed by atoms with van der Waals surface area (Å²) in [6, 6.07) is 8.23. The zero-order chi connectivity index (χ0) is 12.1. The highest BCUT2D eigenvalue weighted by Crippen LogP contribution is 2.03. The number of carbonyl (C=O) groups excluding carboxylic acids is 1. The number of aromatic nitrogens is 3. The first-order valence-corrected chi connectivity index (χ1v) is 5.45. The van der Waals surface area contributed by atoms with E-state index in [9.17, 15) is 4.79 Å². The quantitative estimate of drug-likeness (QED) is 0.825.